The van der Waals surface area contributed by atoms with Crippen LogP contribution in [-0.2, 0) is 9.53 Å². The smallest absolute Gasteiger partial charge is 0.335 e. The first-order valence-electron chi connectivity index (χ1n) is 6.08. The van der Waals surface area contributed by atoms with Gasteiger partial charge in [0.2, 0.25) is 0 Å². The van der Waals surface area contributed by atoms with Gasteiger partial charge in [0, 0.05) is 19.2 Å². The van der Waals surface area contributed by atoms with E-state index in [1.165, 1.54) is 6.07 Å². The number of halogens is 1. The lowest BCUT2D eigenvalue weighted by Crippen LogP contribution is -2.42. The molecule has 1 saturated heterocycles. The van der Waals surface area contributed by atoms with Gasteiger partial charge < -0.3 is 19.5 Å². The number of aromatic carboxylic acids is 1. The van der Waals surface area contributed by atoms with Gasteiger partial charge in [0.1, 0.15) is 11.6 Å². The molecule has 108 valence electrons. The third kappa shape index (κ3) is 3.67. The van der Waals surface area contributed by atoms with Crippen LogP contribution < -0.4 is 4.74 Å². The van der Waals surface area contributed by atoms with E-state index in [0.717, 1.165) is 12.1 Å². The first-order valence-corrected chi connectivity index (χ1v) is 6.08. The number of carbonyl (C=O) groups is 2. The highest BCUT2D eigenvalue weighted by atomic mass is 19.1. The average Bonchev–Trinajstić information content (AvgIpc) is 2.45. The van der Waals surface area contributed by atoms with Crippen molar-refractivity contribution >= 4 is 11.9 Å². The lowest BCUT2D eigenvalue weighted by Gasteiger charge is -2.26. The third-order valence-electron chi connectivity index (χ3n) is 2.84. The van der Waals surface area contributed by atoms with Crippen molar-refractivity contribution < 1.29 is 28.6 Å². The van der Waals surface area contributed by atoms with Crippen LogP contribution in [0.4, 0.5) is 4.39 Å². The number of carboxylic acids is 1. The molecule has 0 spiro atoms. The van der Waals surface area contributed by atoms with E-state index in [-0.39, 0.29) is 23.8 Å². The summed E-state index contributed by atoms with van der Waals surface area (Å²) in [6.45, 7) is 1.68. The second kappa shape index (κ2) is 6.33. The summed E-state index contributed by atoms with van der Waals surface area (Å²) in [5.74, 6) is -2.20. The first-order chi connectivity index (χ1) is 9.56. The maximum Gasteiger partial charge on any atom is 0.335 e. The van der Waals surface area contributed by atoms with Crippen LogP contribution >= 0.6 is 0 Å². The van der Waals surface area contributed by atoms with Crippen molar-refractivity contribution in [2.24, 2.45) is 0 Å². The van der Waals surface area contributed by atoms with Crippen molar-refractivity contribution in [3.63, 3.8) is 0 Å². The average molecular weight is 283 g/mol. The summed E-state index contributed by atoms with van der Waals surface area (Å²) in [4.78, 5) is 24.2. The van der Waals surface area contributed by atoms with Crippen LogP contribution in [0.5, 0.6) is 5.75 Å². The molecular formula is C13H14FNO5. The quantitative estimate of drug-likeness (QED) is 0.883. The number of nitrogens with zero attached hydrogens (tertiary/aromatic N) is 1. The van der Waals surface area contributed by atoms with Gasteiger partial charge in [-0.1, -0.05) is 0 Å². The molecule has 1 fully saturated rings. The molecule has 0 saturated carbocycles. The fraction of sp³-hybridized carbons (Fsp3) is 0.385. The largest absolute Gasteiger partial charge is 0.484 e. The Morgan fingerprint density at radius 1 is 1.30 bits per heavy atom. The monoisotopic (exact) mass is 283 g/mol. The Kier molecular flexibility index (Phi) is 4.52. The normalized spacial score (nSPS) is 14.9. The van der Waals surface area contributed by atoms with Gasteiger partial charge in [-0.25, -0.2) is 9.18 Å². The summed E-state index contributed by atoms with van der Waals surface area (Å²) in [5.41, 5.74) is -0.223. The van der Waals surface area contributed by atoms with E-state index in [1.807, 2.05) is 0 Å². The molecule has 0 aliphatic carbocycles. The number of ether oxygens (including phenoxy) is 2. The molecule has 1 N–H and O–H groups in total. The second-order valence-electron chi connectivity index (χ2n) is 4.26. The van der Waals surface area contributed by atoms with Crippen molar-refractivity contribution in [3.8, 4) is 5.75 Å². The molecule has 2 rings (SSSR count). The first kappa shape index (κ1) is 14.3. The molecule has 20 heavy (non-hydrogen) atoms. The molecule has 1 aliphatic heterocycles. The number of carbonyl (C=O) groups excluding carboxylic acids is 1. The Morgan fingerprint density at radius 3 is 2.65 bits per heavy atom. The number of rotatable bonds is 4. The van der Waals surface area contributed by atoms with Crippen LogP contribution in [0.3, 0.4) is 0 Å². The van der Waals surface area contributed by atoms with Crippen molar-refractivity contribution in [1.82, 2.24) is 4.90 Å². The van der Waals surface area contributed by atoms with Crippen LogP contribution in [0.2, 0.25) is 0 Å². The lowest BCUT2D eigenvalue weighted by atomic mass is 10.2. The summed E-state index contributed by atoms with van der Waals surface area (Å²) in [6, 6.07) is 3.11. The number of morpholine rings is 1. The fourth-order valence-corrected chi connectivity index (χ4v) is 1.82. The summed E-state index contributed by atoms with van der Waals surface area (Å²) in [7, 11) is 0. The molecule has 0 bridgehead atoms. The topological polar surface area (TPSA) is 76.1 Å². The zero-order valence-corrected chi connectivity index (χ0v) is 10.7. The van der Waals surface area contributed by atoms with Gasteiger partial charge in [0.25, 0.3) is 5.91 Å². The predicted octanol–water partition coefficient (Wildman–Crippen LogP) is 0.762. The van der Waals surface area contributed by atoms with Gasteiger partial charge in [0.15, 0.2) is 6.61 Å². The van der Waals surface area contributed by atoms with Gasteiger partial charge in [-0.2, -0.15) is 0 Å². The number of amides is 1. The van der Waals surface area contributed by atoms with Crippen LogP contribution in [0.15, 0.2) is 18.2 Å². The Morgan fingerprint density at radius 2 is 2.00 bits per heavy atom. The van der Waals surface area contributed by atoms with E-state index < -0.39 is 11.8 Å². The van der Waals surface area contributed by atoms with Crippen molar-refractivity contribution in [3.05, 3.63) is 29.6 Å². The Hall–Kier alpha value is -2.15. The van der Waals surface area contributed by atoms with E-state index in [1.54, 1.807) is 4.90 Å². The Labute approximate surface area is 114 Å². The molecule has 1 aromatic rings. The van der Waals surface area contributed by atoms with Gasteiger partial charge in [0.05, 0.1) is 18.8 Å². The summed E-state index contributed by atoms with van der Waals surface area (Å²) in [5, 5.41) is 8.80. The van der Waals surface area contributed by atoms with Crippen molar-refractivity contribution in [1.29, 1.82) is 0 Å². The molecule has 0 atom stereocenters. The highest BCUT2D eigenvalue weighted by Gasteiger charge is 2.17. The lowest BCUT2D eigenvalue weighted by molar-refractivity contribution is -0.137. The minimum atomic E-state index is -1.26. The van der Waals surface area contributed by atoms with E-state index >= 15 is 0 Å². The molecule has 0 aromatic heterocycles. The maximum absolute atomic E-state index is 13.2. The fourth-order valence-electron chi connectivity index (χ4n) is 1.82. The van der Waals surface area contributed by atoms with Crippen LogP contribution in [-0.4, -0.2) is 54.8 Å². The molecule has 1 heterocycles. The zero-order valence-electron chi connectivity index (χ0n) is 10.7. The molecule has 1 amide bonds. The van der Waals surface area contributed by atoms with Gasteiger partial charge in [-0.3, -0.25) is 4.79 Å². The van der Waals surface area contributed by atoms with Crippen molar-refractivity contribution in [2.75, 3.05) is 32.9 Å². The van der Waals surface area contributed by atoms with Gasteiger partial charge in [-0.05, 0) is 12.1 Å². The summed E-state index contributed by atoms with van der Waals surface area (Å²) >= 11 is 0. The van der Waals surface area contributed by atoms with E-state index in [2.05, 4.69) is 0 Å². The summed E-state index contributed by atoms with van der Waals surface area (Å²) in [6.07, 6.45) is 0. The number of hydrogen-bond acceptors (Lipinski definition) is 4. The van der Waals surface area contributed by atoms with E-state index in [4.69, 9.17) is 14.6 Å². The molecule has 6 nitrogen and oxygen atoms in total. The van der Waals surface area contributed by atoms with Crippen LogP contribution in [0.1, 0.15) is 10.4 Å². The molecule has 1 aromatic carbocycles. The molecule has 0 radical (unpaired) electrons. The van der Waals surface area contributed by atoms with Crippen LogP contribution in [0.25, 0.3) is 0 Å². The third-order valence-corrected chi connectivity index (χ3v) is 2.84. The highest BCUT2D eigenvalue weighted by Crippen LogP contribution is 2.16. The predicted molar refractivity (Wildman–Crippen MR) is 66.3 cm³/mol. The SMILES string of the molecule is O=C(O)c1cc(F)cc(OCC(=O)N2CCOCC2)c1. The maximum atomic E-state index is 13.2. The summed E-state index contributed by atoms with van der Waals surface area (Å²) < 4.78 is 23.5. The highest BCUT2D eigenvalue weighted by molar-refractivity contribution is 5.88. The van der Waals surface area contributed by atoms with Crippen LogP contribution in [0, 0.1) is 5.82 Å². The molecule has 7 heteroatoms. The zero-order chi connectivity index (χ0) is 14.5. The van der Waals surface area contributed by atoms with E-state index in [9.17, 15) is 14.0 Å². The molecule has 0 unspecified atom stereocenters. The number of carboxylic acid groups (broad SMARTS) is 1. The molecular weight excluding hydrogens is 269 g/mol. The molecule has 1 aliphatic rings. The van der Waals surface area contributed by atoms with E-state index in [0.29, 0.717) is 26.3 Å². The minimum Gasteiger partial charge on any atom is -0.484 e. The van der Waals surface area contributed by atoms with Gasteiger partial charge in [-0.15, -0.1) is 0 Å². The second-order valence-corrected chi connectivity index (χ2v) is 4.26. The minimum absolute atomic E-state index is 0.0176. The van der Waals surface area contributed by atoms with Gasteiger partial charge >= 0.3 is 5.97 Å². The number of hydrogen-bond donors (Lipinski definition) is 1. The van der Waals surface area contributed by atoms with Crippen molar-refractivity contribution in [2.45, 2.75) is 0 Å². The Balaban J connectivity index is 1.96. The standard InChI is InChI=1S/C13H14FNO5/c14-10-5-9(13(17)18)6-11(7-10)20-8-12(16)15-1-3-19-4-2-15/h5-7H,1-4,8H2,(H,17,18). The Bertz CT molecular complexity index is 513. The number of benzene rings is 1.